The first-order valence-electron chi connectivity index (χ1n) is 5.21. The van der Waals surface area contributed by atoms with Crippen LogP contribution in [0.25, 0.3) is 0 Å². The summed E-state index contributed by atoms with van der Waals surface area (Å²) in [5.41, 5.74) is 1.22. The summed E-state index contributed by atoms with van der Waals surface area (Å²) in [7, 11) is 0. The Morgan fingerprint density at radius 3 is 2.53 bits per heavy atom. The van der Waals surface area contributed by atoms with Crippen LogP contribution in [0, 0.1) is 0 Å². The Morgan fingerprint density at radius 2 is 1.82 bits per heavy atom. The fourth-order valence-corrected chi connectivity index (χ4v) is 1.69. The average Bonchev–Trinajstić information content (AvgIpc) is 2.32. The first-order valence-corrected chi connectivity index (χ1v) is 5.96. The van der Waals surface area contributed by atoms with Crippen LogP contribution in [0.1, 0.15) is 5.56 Å². The van der Waals surface area contributed by atoms with Crippen molar-refractivity contribution in [3.8, 4) is 0 Å². The average molecular weight is 268 g/mol. The number of benzene rings is 1. The lowest BCUT2D eigenvalue weighted by atomic mass is 10.1. The lowest BCUT2D eigenvalue weighted by Crippen LogP contribution is -2.06. The molecule has 0 aliphatic carbocycles. The Bertz CT molecular complexity index is 485. The number of hydrogen-bond acceptors (Lipinski definition) is 3. The fourth-order valence-electron chi connectivity index (χ4n) is 1.42. The summed E-state index contributed by atoms with van der Waals surface area (Å²) >= 11 is 11.5. The van der Waals surface area contributed by atoms with Gasteiger partial charge in [0.05, 0.1) is 0 Å². The molecule has 0 saturated heterocycles. The van der Waals surface area contributed by atoms with E-state index >= 15 is 0 Å². The summed E-state index contributed by atoms with van der Waals surface area (Å²) in [6, 6.07) is 9.58. The maximum Gasteiger partial charge on any atom is 0.224 e. The van der Waals surface area contributed by atoms with Gasteiger partial charge in [-0.15, -0.1) is 0 Å². The Labute approximate surface area is 110 Å². The number of halogens is 2. The topological polar surface area (TPSA) is 37.8 Å². The van der Waals surface area contributed by atoms with Gasteiger partial charge in [0, 0.05) is 17.8 Å². The maximum atomic E-state index is 5.81. The first-order chi connectivity index (χ1) is 8.24. The fraction of sp³-hybridized carbons (Fsp3) is 0.167. The van der Waals surface area contributed by atoms with Crippen LogP contribution < -0.4 is 5.32 Å². The molecule has 0 spiro atoms. The van der Waals surface area contributed by atoms with E-state index in [1.807, 2.05) is 24.3 Å². The summed E-state index contributed by atoms with van der Waals surface area (Å²) in [6.07, 6.45) is 2.53. The van der Waals surface area contributed by atoms with E-state index in [1.54, 1.807) is 12.3 Å². The third-order valence-electron chi connectivity index (χ3n) is 2.26. The van der Waals surface area contributed by atoms with Gasteiger partial charge < -0.3 is 5.32 Å². The smallest absolute Gasteiger partial charge is 0.224 e. The van der Waals surface area contributed by atoms with Crippen molar-refractivity contribution in [2.75, 3.05) is 11.9 Å². The van der Waals surface area contributed by atoms with Crippen LogP contribution in [-0.4, -0.2) is 16.5 Å². The van der Waals surface area contributed by atoms with E-state index in [-0.39, 0.29) is 5.28 Å². The molecule has 1 heterocycles. The van der Waals surface area contributed by atoms with Crippen molar-refractivity contribution in [2.24, 2.45) is 0 Å². The second kappa shape index (κ2) is 5.84. The summed E-state index contributed by atoms with van der Waals surface area (Å²) in [5.74, 6) is 0.735. The largest absolute Gasteiger partial charge is 0.370 e. The van der Waals surface area contributed by atoms with Crippen LogP contribution in [0.15, 0.2) is 36.5 Å². The number of nitrogens with one attached hydrogen (secondary N) is 1. The van der Waals surface area contributed by atoms with Gasteiger partial charge in [0.15, 0.2) is 0 Å². The van der Waals surface area contributed by atoms with Gasteiger partial charge in [0.1, 0.15) is 5.82 Å². The van der Waals surface area contributed by atoms with Crippen molar-refractivity contribution in [1.29, 1.82) is 0 Å². The number of rotatable bonds is 4. The van der Waals surface area contributed by atoms with Gasteiger partial charge in [-0.1, -0.05) is 23.7 Å². The molecule has 0 bridgehead atoms. The molecule has 3 nitrogen and oxygen atoms in total. The predicted molar refractivity (Wildman–Crippen MR) is 70.7 cm³/mol. The van der Waals surface area contributed by atoms with Crippen LogP contribution in [0.4, 0.5) is 5.82 Å². The third kappa shape index (κ3) is 3.88. The van der Waals surface area contributed by atoms with E-state index in [9.17, 15) is 0 Å². The molecule has 88 valence electrons. The van der Waals surface area contributed by atoms with Crippen LogP contribution in [0.5, 0.6) is 0 Å². The maximum absolute atomic E-state index is 5.81. The second-order valence-corrected chi connectivity index (χ2v) is 4.29. The SMILES string of the molecule is Clc1ccc(CCNc2ccnc(Cl)n2)cc1. The number of nitrogens with zero attached hydrogens (tertiary/aromatic N) is 2. The van der Waals surface area contributed by atoms with E-state index < -0.39 is 0 Å². The first kappa shape index (κ1) is 12.1. The zero-order valence-electron chi connectivity index (χ0n) is 9.03. The Hall–Kier alpha value is -1.32. The standard InChI is InChI=1S/C12H11Cl2N3/c13-10-3-1-9(2-4-10)5-7-15-11-6-8-16-12(14)17-11/h1-4,6,8H,5,7H2,(H,15,16,17). The van der Waals surface area contributed by atoms with Crippen LogP contribution >= 0.6 is 23.2 Å². The molecule has 5 heteroatoms. The van der Waals surface area contributed by atoms with Crippen LogP contribution in [0.3, 0.4) is 0 Å². The van der Waals surface area contributed by atoms with Crippen LogP contribution in [-0.2, 0) is 6.42 Å². The van der Waals surface area contributed by atoms with Crippen molar-refractivity contribution in [3.05, 3.63) is 52.4 Å². The van der Waals surface area contributed by atoms with E-state index in [2.05, 4.69) is 15.3 Å². The van der Waals surface area contributed by atoms with Crippen molar-refractivity contribution in [1.82, 2.24) is 9.97 Å². The molecule has 0 saturated carbocycles. The number of anilines is 1. The van der Waals surface area contributed by atoms with Crippen molar-refractivity contribution in [3.63, 3.8) is 0 Å². The van der Waals surface area contributed by atoms with Gasteiger partial charge >= 0.3 is 0 Å². The number of aromatic nitrogens is 2. The van der Waals surface area contributed by atoms with Gasteiger partial charge in [0.25, 0.3) is 0 Å². The Balaban J connectivity index is 1.85. The molecule has 0 radical (unpaired) electrons. The van der Waals surface area contributed by atoms with Crippen LogP contribution in [0.2, 0.25) is 10.3 Å². The Kier molecular flexibility index (Phi) is 4.18. The molecule has 0 atom stereocenters. The van der Waals surface area contributed by atoms with E-state index in [4.69, 9.17) is 23.2 Å². The molecular weight excluding hydrogens is 257 g/mol. The van der Waals surface area contributed by atoms with Crippen molar-refractivity contribution in [2.45, 2.75) is 6.42 Å². The number of hydrogen-bond donors (Lipinski definition) is 1. The minimum absolute atomic E-state index is 0.251. The monoisotopic (exact) mass is 267 g/mol. The molecule has 2 rings (SSSR count). The van der Waals surface area contributed by atoms with E-state index in [1.165, 1.54) is 5.56 Å². The second-order valence-electron chi connectivity index (χ2n) is 3.51. The van der Waals surface area contributed by atoms with Gasteiger partial charge in [0.2, 0.25) is 5.28 Å². The highest BCUT2D eigenvalue weighted by molar-refractivity contribution is 6.30. The zero-order valence-corrected chi connectivity index (χ0v) is 10.5. The highest BCUT2D eigenvalue weighted by Gasteiger charge is 1.97. The van der Waals surface area contributed by atoms with Gasteiger partial charge in [-0.2, -0.15) is 0 Å². The summed E-state index contributed by atoms with van der Waals surface area (Å²) in [6.45, 7) is 0.787. The van der Waals surface area contributed by atoms with E-state index in [0.717, 1.165) is 23.8 Å². The molecule has 1 aromatic carbocycles. The molecule has 0 fully saturated rings. The molecular formula is C12H11Cl2N3. The van der Waals surface area contributed by atoms with Crippen molar-refractivity contribution < 1.29 is 0 Å². The normalized spacial score (nSPS) is 10.2. The minimum atomic E-state index is 0.251. The van der Waals surface area contributed by atoms with Gasteiger partial charge in [-0.25, -0.2) is 9.97 Å². The highest BCUT2D eigenvalue weighted by atomic mass is 35.5. The molecule has 1 aromatic heterocycles. The lowest BCUT2D eigenvalue weighted by molar-refractivity contribution is 0.999. The molecule has 0 aliphatic rings. The minimum Gasteiger partial charge on any atom is -0.370 e. The third-order valence-corrected chi connectivity index (χ3v) is 2.69. The summed E-state index contributed by atoms with van der Waals surface area (Å²) in [4.78, 5) is 7.86. The molecule has 1 N–H and O–H groups in total. The molecule has 0 aliphatic heterocycles. The molecule has 0 unspecified atom stereocenters. The highest BCUT2D eigenvalue weighted by Crippen LogP contribution is 2.10. The molecule has 2 aromatic rings. The summed E-state index contributed by atoms with van der Waals surface area (Å²) < 4.78 is 0. The predicted octanol–water partition coefficient (Wildman–Crippen LogP) is 3.44. The zero-order chi connectivity index (χ0) is 12.1. The van der Waals surface area contributed by atoms with E-state index in [0.29, 0.717) is 0 Å². The summed E-state index contributed by atoms with van der Waals surface area (Å²) in [5, 5.41) is 4.19. The molecule has 0 amide bonds. The quantitative estimate of drug-likeness (QED) is 0.863. The van der Waals surface area contributed by atoms with Gasteiger partial charge in [-0.05, 0) is 41.8 Å². The lowest BCUT2D eigenvalue weighted by Gasteiger charge is -2.05. The van der Waals surface area contributed by atoms with Gasteiger partial charge in [-0.3, -0.25) is 0 Å². The molecule has 17 heavy (non-hydrogen) atoms. The van der Waals surface area contributed by atoms with Crippen molar-refractivity contribution >= 4 is 29.0 Å². The Morgan fingerprint density at radius 1 is 1.06 bits per heavy atom.